The van der Waals surface area contributed by atoms with Crippen molar-refractivity contribution < 1.29 is 22.7 Å². The van der Waals surface area contributed by atoms with Gasteiger partial charge in [0, 0.05) is 5.69 Å². The predicted octanol–water partition coefficient (Wildman–Crippen LogP) is 3.24. The molecule has 0 radical (unpaired) electrons. The van der Waals surface area contributed by atoms with Crippen LogP contribution in [0.4, 0.5) is 23.7 Å². The molecule has 0 saturated carbocycles. The molecule has 0 saturated heterocycles. The lowest BCUT2D eigenvalue weighted by Crippen LogP contribution is -2.27. The second-order valence-electron chi connectivity index (χ2n) is 5.99. The summed E-state index contributed by atoms with van der Waals surface area (Å²) in [5.41, 5.74) is -1.07. The van der Waals surface area contributed by atoms with Crippen LogP contribution in [0, 0.1) is 0 Å². The third-order valence-electron chi connectivity index (χ3n) is 2.76. The van der Waals surface area contributed by atoms with Crippen LogP contribution < -0.4 is 11.0 Å². The van der Waals surface area contributed by atoms with E-state index in [0.717, 1.165) is 0 Å². The lowest BCUT2D eigenvalue weighted by molar-refractivity contribution is -0.140. The summed E-state index contributed by atoms with van der Waals surface area (Å²) in [5.74, 6) is 0. The van der Waals surface area contributed by atoms with E-state index in [1.165, 1.54) is 18.2 Å². The summed E-state index contributed by atoms with van der Waals surface area (Å²) < 4.78 is 43.3. The number of alkyl halides is 3. The highest BCUT2D eigenvalue weighted by Crippen LogP contribution is 2.22. The van der Waals surface area contributed by atoms with Crippen LogP contribution in [0.5, 0.6) is 0 Å². The maximum absolute atomic E-state index is 12.6. The van der Waals surface area contributed by atoms with Crippen molar-refractivity contribution >= 4 is 22.8 Å². The molecule has 9 heteroatoms. The van der Waals surface area contributed by atoms with Gasteiger partial charge < -0.3 is 9.72 Å². The fraction of sp³-hybridized carbons (Fsp3) is 0.429. The quantitative estimate of drug-likeness (QED) is 0.887. The zero-order valence-electron chi connectivity index (χ0n) is 12.7. The molecule has 2 aromatic rings. The van der Waals surface area contributed by atoms with Crippen LogP contribution in [0.3, 0.4) is 0 Å². The molecule has 0 aliphatic heterocycles. The number of halogens is 3. The smallest absolute Gasteiger partial charge is 0.412 e. The lowest BCUT2D eigenvalue weighted by Gasteiger charge is -2.19. The number of aromatic amines is 1. The summed E-state index contributed by atoms with van der Waals surface area (Å²) in [4.78, 5) is 25.7. The van der Waals surface area contributed by atoms with Crippen molar-refractivity contribution in [2.45, 2.75) is 39.1 Å². The highest BCUT2D eigenvalue weighted by Gasteiger charge is 2.29. The average molecular weight is 331 g/mol. The van der Waals surface area contributed by atoms with Gasteiger partial charge in [0.1, 0.15) is 12.1 Å². The molecule has 0 fully saturated rings. The van der Waals surface area contributed by atoms with E-state index in [1.54, 1.807) is 20.8 Å². The molecule has 23 heavy (non-hydrogen) atoms. The molecule has 0 spiro atoms. The number of hydrogen-bond donors (Lipinski definition) is 2. The molecule has 126 valence electrons. The van der Waals surface area contributed by atoms with E-state index in [4.69, 9.17) is 4.74 Å². The molecule has 2 rings (SSSR count). The standard InChI is InChI=1S/C14H16F3N3O3/c1-13(2,3)23-12(22)18-8-4-5-9-10(6-8)20(11(21)19-9)7-14(15,16)17/h4-6H,7H2,1-3H3,(H,18,22)(H,19,21). The van der Waals surface area contributed by atoms with Crippen LogP contribution in [0.15, 0.2) is 23.0 Å². The maximum atomic E-state index is 12.6. The third-order valence-corrected chi connectivity index (χ3v) is 2.76. The average Bonchev–Trinajstić information content (AvgIpc) is 2.62. The molecular weight excluding hydrogens is 315 g/mol. The van der Waals surface area contributed by atoms with E-state index >= 15 is 0 Å². The van der Waals surface area contributed by atoms with Gasteiger partial charge in [-0.25, -0.2) is 9.59 Å². The Kier molecular flexibility index (Phi) is 4.14. The summed E-state index contributed by atoms with van der Waals surface area (Å²) in [6.07, 6.45) is -5.27. The second-order valence-corrected chi connectivity index (χ2v) is 5.99. The number of carbonyl (C=O) groups excluding carboxylic acids is 1. The molecule has 6 nitrogen and oxygen atoms in total. The molecule has 0 bridgehead atoms. The summed E-state index contributed by atoms with van der Waals surface area (Å²) in [6, 6.07) is 4.15. The number of imidazole rings is 1. The van der Waals surface area contributed by atoms with Gasteiger partial charge in [-0.05, 0) is 39.0 Å². The number of nitrogens with one attached hydrogen (secondary N) is 2. The molecule has 0 aliphatic rings. The molecular formula is C14H16F3N3O3. The van der Waals surface area contributed by atoms with Crippen molar-refractivity contribution in [3.63, 3.8) is 0 Å². The number of fused-ring (bicyclic) bond motifs is 1. The third kappa shape index (κ3) is 4.51. The van der Waals surface area contributed by atoms with Crippen molar-refractivity contribution in [1.82, 2.24) is 9.55 Å². The van der Waals surface area contributed by atoms with Crippen molar-refractivity contribution in [2.75, 3.05) is 5.32 Å². The number of rotatable bonds is 2. The van der Waals surface area contributed by atoms with Crippen LogP contribution in [0.2, 0.25) is 0 Å². The number of amides is 1. The summed E-state index contributed by atoms with van der Waals surface area (Å²) in [5, 5.41) is 2.42. The Hall–Kier alpha value is -2.45. The van der Waals surface area contributed by atoms with Crippen LogP contribution in [-0.4, -0.2) is 27.4 Å². The van der Waals surface area contributed by atoms with Gasteiger partial charge >= 0.3 is 18.0 Å². The van der Waals surface area contributed by atoms with E-state index in [1.807, 2.05) is 0 Å². The van der Waals surface area contributed by atoms with Gasteiger partial charge in [-0.3, -0.25) is 9.88 Å². The molecule has 0 atom stereocenters. The van der Waals surface area contributed by atoms with Gasteiger partial charge in [-0.1, -0.05) is 0 Å². The normalized spacial score (nSPS) is 12.4. The lowest BCUT2D eigenvalue weighted by atomic mass is 10.2. The summed E-state index contributed by atoms with van der Waals surface area (Å²) in [7, 11) is 0. The van der Waals surface area contributed by atoms with Gasteiger partial charge in [0.25, 0.3) is 0 Å². The Morgan fingerprint density at radius 3 is 2.52 bits per heavy atom. The number of ether oxygens (including phenoxy) is 1. The minimum absolute atomic E-state index is 0.0425. The molecule has 2 N–H and O–H groups in total. The number of carbonyl (C=O) groups is 1. The minimum Gasteiger partial charge on any atom is -0.444 e. The molecule has 1 aromatic carbocycles. The number of hydrogen-bond acceptors (Lipinski definition) is 3. The molecule has 1 aromatic heterocycles. The number of aromatic nitrogens is 2. The summed E-state index contributed by atoms with van der Waals surface area (Å²) >= 11 is 0. The number of H-pyrrole nitrogens is 1. The van der Waals surface area contributed by atoms with Gasteiger partial charge in [0.05, 0.1) is 11.0 Å². The van der Waals surface area contributed by atoms with E-state index < -0.39 is 30.1 Å². The van der Waals surface area contributed by atoms with Gasteiger partial charge in [-0.2, -0.15) is 13.2 Å². The highest BCUT2D eigenvalue weighted by molar-refractivity contribution is 5.89. The van der Waals surface area contributed by atoms with E-state index in [2.05, 4.69) is 10.3 Å². The van der Waals surface area contributed by atoms with Crippen LogP contribution in [0.1, 0.15) is 20.8 Å². The number of nitrogens with zero attached hydrogens (tertiary/aromatic N) is 1. The molecule has 1 amide bonds. The van der Waals surface area contributed by atoms with Gasteiger partial charge in [0.15, 0.2) is 0 Å². The zero-order valence-corrected chi connectivity index (χ0v) is 12.7. The Labute approximate surface area is 129 Å². The Bertz CT molecular complexity index is 784. The maximum Gasteiger partial charge on any atom is 0.412 e. The van der Waals surface area contributed by atoms with E-state index in [-0.39, 0.29) is 16.7 Å². The first-order chi connectivity index (χ1) is 10.4. The van der Waals surface area contributed by atoms with Gasteiger partial charge in [0.2, 0.25) is 0 Å². The zero-order chi connectivity index (χ0) is 17.4. The fourth-order valence-electron chi connectivity index (χ4n) is 1.99. The first-order valence-corrected chi connectivity index (χ1v) is 6.74. The number of benzene rings is 1. The van der Waals surface area contributed by atoms with Crippen molar-refractivity contribution in [1.29, 1.82) is 0 Å². The van der Waals surface area contributed by atoms with Gasteiger partial charge in [-0.15, -0.1) is 0 Å². The monoisotopic (exact) mass is 331 g/mol. The Morgan fingerprint density at radius 1 is 1.30 bits per heavy atom. The summed E-state index contributed by atoms with van der Waals surface area (Å²) in [6.45, 7) is 3.64. The van der Waals surface area contributed by atoms with E-state index in [0.29, 0.717) is 4.57 Å². The van der Waals surface area contributed by atoms with Crippen molar-refractivity contribution in [2.24, 2.45) is 0 Å². The van der Waals surface area contributed by atoms with Crippen molar-refractivity contribution in [3.8, 4) is 0 Å². The van der Waals surface area contributed by atoms with E-state index in [9.17, 15) is 22.8 Å². The number of anilines is 1. The fourth-order valence-corrected chi connectivity index (χ4v) is 1.99. The Morgan fingerprint density at radius 2 is 1.96 bits per heavy atom. The highest BCUT2D eigenvalue weighted by atomic mass is 19.4. The molecule has 0 aliphatic carbocycles. The molecule has 0 unspecified atom stereocenters. The SMILES string of the molecule is CC(C)(C)OC(=O)Nc1ccc2[nH]c(=O)n(CC(F)(F)F)c2c1. The first-order valence-electron chi connectivity index (χ1n) is 6.74. The first kappa shape index (κ1) is 16.9. The molecule has 1 heterocycles. The topological polar surface area (TPSA) is 76.1 Å². The second kappa shape index (κ2) is 5.64. The largest absolute Gasteiger partial charge is 0.444 e. The minimum atomic E-state index is -4.53. The van der Waals surface area contributed by atoms with Crippen molar-refractivity contribution in [3.05, 3.63) is 28.7 Å². The predicted molar refractivity (Wildman–Crippen MR) is 78.5 cm³/mol. The van der Waals surface area contributed by atoms with Crippen LogP contribution >= 0.6 is 0 Å². The Balaban J connectivity index is 2.32. The van der Waals surface area contributed by atoms with Crippen LogP contribution in [0.25, 0.3) is 11.0 Å². The van der Waals surface area contributed by atoms with Crippen LogP contribution in [-0.2, 0) is 11.3 Å².